The van der Waals surface area contributed by atoms with Crippen LogP contribution in [0.5, 0.6) is 11.5 Å². The first-order chi connectivity index (χ1) is 9.93. The van der Waals surface area contributed by atoms with Gasteiger partial charge in [0.25, 0.3) is 5.69 Å². The Morgan fingerprint density at radius 2 is 1.90 bits per heavy atom. The predicted octanol–water partition coefficient (Wildman–Crippen LogP) is 2.03. The highest BCUT2D eigenvalue weighted by Gasteiger charge is 2.45. The Labute approximate surface area is 120 Å². The molecule has 21 heavy (non-hydrogen) atoms. The maximum Gasteiger partial charge on any atom is 0.329 e. The van der Waals surface area contributed by atoms with Crippen LogP contribution in [0.4, 0.5) is 11.4 Å². The zero-order valence-electron chi connectivity index (χ0n) is 11.7. The molecule has 0 aromatic heterocycles. The van der Waals surface area contributed by atoms with Gasteiger partial charge in [0.2, 0.25) is 0 Å². The average molecular weight is 296 g/mol. The van der Waals surface area contributed by atoms with Gasteiger partial charge in [-0.2, -0.15) is 0 Å². The number of methoxy groups -OCH3 is 2. The SMILES string of the molecule is COc1cc(NC2(C(=O)O)CCC2)c([N+](=O)[O-])cc1OC. The second-order valence-corrected chi connectivity index (χ2v) is 4.85. The summed E-state index contributed by atoms with van der Waals surface area (Å²) in [5, 5.41) is 23.3. The molecule has 2 rings (SSSR count). The van der Waals surface area contributed by atoms with Crippen molar-refractivity contribution in [2.45, 2.75) is 24.8 Å². The van der Waals surface area contributed by atoms with E-state index >= 15 is 0 Å². The van der Waals surface area contributed by atoms with E-state index in [1.54, 1.807) is 0 Å². The quantitative estimate of drug-likeness (QED) is 0.610. The molecule has 0 heterocycles. The van der Waals surface area contributed by atoms with Crippen molar-refractivity contribution in [2.24, 2.45) is 0 Å². The zero-order valence-corrected chi connectivity index (χ0v) is 11.7. The van der Waals surface area contributed by atoms with Gasteiger partial charge in [0.05, 0.1) is 25.2 Å². The van der Waals surface area contributed by atoms with Crippen LogP contribution in [0.25, 0.3) is 0 Å². The Hall–Kier alpha value is -2.51. The van der Waals surface area contributed by atoms with Crippen LogP contribution < -0.4 is 14.8 Å². The Kier molecular flexibility index (Phi) is 3.88. The number of rotatable bonds is 6. The topological polar surface area (TPSA) is 111 Å². The molecule has 0 atom stereocenters. The smallest absolute Gasteiger partial charge is 0.329 e. The number of nitro benzene ring substituents is 1. The second-order valence-electron chi connectivity index (χ2n) is 4.85. The minimum Gasteiger partial charge on any atom is -0.493 e. The van der Waals surface area contributed by atoms with Crippen molar-refractivity contribution in [3.63, 3.8) is 0 Å². The van der Waals surface area contributed by atoms with Gasteiger partial charge < -0.3 is 19.9 Å². The normalized spacial score (nSPS) is 15.7. The molecule has 1 aliphatic rings. The molecule has 0 bridgehead atoms. The van der Waals surface area contributed by atoms with Crippen molar-refractivity contribution < 1.29 is 24.3 Å². The monoisotopic (exact) mass is 296 g/mol. The molecule has 1 aromatic rings. The minimum absolute atomic E-state index is 0.111. The molecule has 8 nitrogen and oxygen atoms in total. The number of anilines is 1. The van der Waals surface area contributed by atoms with Crippen LogP contribution in [0.15, 0.2) is 12.1 Å². The zero-order chi connectivity index (χ0) is 15.6. The van der Waals surface area contributed by atoms with E-state index in [4.69, 9.17) is 9.47 Å². The second kappa shape index (κ2) is 5.47. The maximum atomic E-state index is 11.4. The van der Waals surface area contributed by atoms with Gasteiger partial charge in [-0.15, -0.1) is 0 Å². The summed E-state index contributed by atoms with van der Waals surface area (Å²) in [4.78, 5) is 22.0. The van der Waals surface area contributed by atoms with Crippen molar-refractivity contribution in [3.05, 3.63) is 22.2 Å². The molecule has 1 aromatic carbocycles. The highest BCUT2D eigenvalue weighted by Crippen LogP contribution is 2.42. The Morgan fingerprint density at radius 3 is 2.29 bits per heavy atom. The molecule has 0 aliphatic heterocycles. The van der Waals surface area contributed by atoms with E-state index in [0.29, 0.717) is 18.6 Å². The average Bonchev–Trinajstić information content (AvgIpc) is 2.41. The summed E-state index contributed by atoms with van der Waals surface area (Å²) in [5.74, 6) is -0.504. The van der Waals surface area contributed by atoms with Gasteiger partial charge in [-0.3, -0.25) is 10.1 Å². The van der Waals surface area contributed by atoms with Crippen LogP contribution in [-0.2, 0) is 4.79 Å². The first-order valence-corrected chi connectivity index (χ1v) is 6.35. The number of carboxylic acid groups (broad SMARTS) is 1. The third-order valence-corrected chi connectivity index (χ3v) is 3.69. The van der Waals surface area contributed by atoms with Gasteiger partial charge in [0.15, 0.2) is 11.5 Å². The number of benzene rings is 1. The fourth-order valence-electron chi connectivity index (χ4n) is 2.30. The van der Waals surface area contributed by atoms with E-state index in [1.165, 1.54) is 26.4 Å². The lowest BCUT2D eigenvalue weighted by molar-refractivity contribution is -0.384. The van der Waals surface area contributed by atoms with Crippen molar-refractivity contribution in [2.75, 3.05) is 19.5 Å². The molecule has 8 heteroatoms. The molecular weight excluding hydrogens is 280 g/mol. The Morgan fingerprint density at radius 1 is 1.33 bits per heavy atom. The van der Waals surface area contributed by atoms with E-state index in [-0.39, 0.29) is 17.1 Å². The van der Waals surface area contributed by atoms with Crippen molar-refractivity contribution in [1.82, 2.24) is 0 Å². The molecule has 0 amide bonds. The summed E-state index contributed by atoms with van der Waals surface area (Å²) < 4.78 is 10.1. The van der Waals surface area contributed by atoms with Crippen LogP contribution in [-0.4, -0.2) is 35.8 Å². The van der Waals surface area contributed by atoms with Crippen LogP contribution in [0.1, 0.15) is 19.3 Å². The number of nitrogens with zero attached hydrogens (tertiary/aromatic N) is 1. The number of nitro groups is 1. The van der Waals surface area contributed by atoms with E-state index in [0.717, 1.165) is 6.42 Å². The summed E-state index contributed by atoms with van der Waals surface area (Å²) >= 11 is 0. The fraction of sp³-hybridized carbons (Fsp3) is 0.462. The van der Waals surface area contributed by atoms with E-state index < -0.39 is 16.4 Å². The number of hydrogen-bond donors (Lipinski definition) is 2. The fourth-order valence-corrected chi connectivity index (χ4v) is 2.30. The number of carbonyl (C=O) groups is 1. The third-order valence-electron chi connectivity index (χ3n) is 3.69. The van der Waals surface area contributed by atoms with E-state index in [9.17, 15) is 20.0 Å². The standard InChI is InChI=1S/C13H16N2O6/c1-20-10-6-8(9(15(18)19)7-11(10)21-2)14-13(12(16)17)4-3-5-13/h6-7,14H,3-5H2,1-2H3,(H,16,17). The van der Waals surface area contributed by atoms with Crippen molar-refractivity contribution in [3.8, 4) is 11.5 Å². The molecule has 0 saturated heterocycles. The lowest BCUT2D eigenvalue weighted by Gasteiger charge is -2.38. The largest absolute Gasteiger partial charge is 0.493 e. The highest BCUT2D eigenvalue weighted by molar-refractivity contribution is 5.85. The molecule has 0 radical (unpaired) electrons. The van der Waals surface area contributed by atoms with Gasteiger partial charge in [0.1, 0.15) is 11.2 Å². The lowest BCUT2D eigenvalue weighted by atomic mass is 9.76. The molecule has 114 valence electrons. The molecular formula is C13H16N2O6. The lowest BCUT2D eigenvalue weighted by Crippen LogP contribution is -2.52. The molecule has 0 spiro atoms. The summed E-state index contributed by atoms with van der Waals surface area (Å²) in [6.45, 7) is 0. The molecule has 1 aliphatic carbocycles. The van der Waals surface area contributed by atoms with Crippen molar-refractivity contribution in [1.29, 1.82) is 0 Å². The number of hydrogen-bond acceptors (Lipinski definition) is 6. The van der Waals surface area contributed by atoms with E-state index in [1.807, 2.05) is 0 Å². The van der Waals surface area contributed by atoms with Crippen LogP contribution in [0, 0.1) is 10.1 Å². The third kappa shape index (κ3) is 2.56. The molecule has 1 saturated carbocycles. The molecule has 0 unspecified atom stereocenters. The molecule has 1 fully saturated rings. The summed E-state index contributed by atoms with van der Waals surface area (Å²) in [5.41, 5.74) is -1.29. The van der Waals surface area contributed by atoms with Gasteiger partial charge in [-0.05, 0) is 19.3 Å². The predicted molar refractivity (Wildman–Crippen MR) is 74.0 cm³/mol. The van der Waals surface area contributed by atoms with Crippen molar-refractivity contribution >= 4 is 17.3 Å². The van der Waals surface area contributed by atoms with Crippen LogP contribution in [0.2, 0.25) is 0 Å². The first kappa shape index (κ1) is 14.9. The molecule has 2 N–H and O–H groups in total. The number of aliphatic carboxylic acids is 1. The van der Waals surface area contributed by atoms with Gasteiger partial charge in [-0.25, -0.2) is 4.79 Å². The van der Waals surface area contributed by atoms with Gasteiger partial charge >= 0.3 is 5.97 Å². The Balaban J connectivity index is 2.46. The summed E-state index contributed by atoms with van der Waals surface area (Å²) in [6, 6.07) is 2.61. The van der Waals surface area contributed by atoms with E-state index in [2.05, 4.69) is 5.32 Å². The highest BCUT2D eigenvalue weighted by atomic mass is 16.6. The van der Waals surface area contributed by atoms with Crippen LogP contribution >= 0.6 is 0 Å². The number of ether oxygens (including phenoxy) is 2. The van der Waals surface area contributed by atoms with Gasteiger partial charge in [0, 0.05) is 6.07 Å². The van der Waals surface area contributed by atoms with Crippen LogP contribution in [0.3, 0.4) is 0 Å². The number of nitrogens with one attached hydrogen (secondary N) is 1. The minimum atomic E-state index is -1.15. The number of carboxylic acids is 1. The Bertz CT molecular complexity index is 582. The summed E-state index contributed by atoms with van der Waals surface area (Å²) in [7, 11) is 2.78. The summed E-state index contributed by atoms with van der Waals surface area (Å²) in [6.07, 6.45) is 1.61. The maximum absolute atomic E-state index is 11.4. The van der Waals surface area contributed by atoms with Gasteiger partial charge in [-0.1, -0.05) is 0 Å². The first-order valence-electron chi connectivity index (χ1n) is 6.35.